The molecule has 2 bridgehead atoms. The maximum Gasteiger partial charge on any atom is 0.313 e. The molecule has 3 unspecified atom stereocenters. The second-order valence-corrected chi connectivity index (χ2v) is 11.9. The van der Waals surface area contributed by atoms with E-state index in [2.05, 4.69) is 13.2 Å². The lowest BCUT2D eigenvalue weighted by Crippen LogP contribution is -2.60. The van der Waals surface area contributed by atoms with E-state index in [0.717, 1.165) is 0 Å². The zero-order chi connectivity index (χ0) is 28.0. The van der Waals surface area contributed by atoms with E-state index in [4.69, 9.17) is 9.47 Å². The second-order valence-electron chi connectivity index (χ2n) is 11.9. The Hall–Kier alpha value is -2.97. The number of carbonyl (C=O) groups excluding carboxylic acids is 3. The third-order valence-electron chi connectivity index (χ3n) is 8.66. The van der Waals surface area contributed by atoms with E-state index in [9.17, 15) is 19.5 Å². The largest absolute Gasteiger partial charge is 0.461 e. The molecule has 3 saturated heterocycles. The van der Waals surface area contributed by atoms with E-state index in [1.54, 1.807) is 11.0 Å². The lowest BCUT2D eigenvalue weighted by atomic mass is 9.62. The van der Waals surface area contributed by atoms with Crippen LogP contribution >= 0.6 is 0 Å². The number of fused-ring (bicyclic) bond motifs is 1. The molecule has 2 amide bonds. The number of esters is 1. The number of amides is 2. The molecule has 1 aromatic rings. The molecular formula is C30H40N2O6. The van der Waals surface area contributed by atoms with Gasteiger partial charge in [0, 0.05) is 12.1 Å². The topological polar surface area (TPSA) is 96.4 Å². The van der Waals surface area contributed by atoms with Gasteiger partial charge in [-0.3, -0.25) is 14.4 Å². The van der Waals surface area contributed by atoms with Crippen molar-refractivity contribution in [1.82, 2.24) is 9.80 Å². The van der Waals surface area contributed by atoms with Crippen molar-refractivity contribution < 1.29 is 29.0 Å². The predicted molar refractivity (Wildman–Crippen MR) is 143 cm³/mol. The molecule has 3 aliphatic heterocycles. The first-order valence-corrected chi connectivity index (χ1v) is 13.3. The third-order valence-corrected chi connectivity index (χ3v) is 8.66. The Morgan fingerprint density at radius 3 is 2.47 bits per heavy atom. The number of hydrogen-bond donors (Lipinski definition) is 1. The van der Waals surface area contributed by atoms with Gasteiger partial charge in [-0.2, -0.15) is 0 Å². The van der Waals surface area contributed by atoms with E-state index in [1.807, 2.05) is 65.0 Å². The molecule has 3 fully saturated rings. The van der Waals surface area contributed by atoms with Gasteiger partial charge in [0.2, 0.25) is 11.8 Å². The number of hydrogen-bond acceptors (Lipinski definition) is 6. The van der Waals surface area contributed by atoms with Crippen molar-refractivity contribution in [2.45, 2.75) is 69.9 Å². The second kappa shape index (κ2) is 9.97. The summed E-state index contributed by atoms with van der Waals surface area (Å²) in [5.74, 6) is -3.13. The summed E-state index contributed by atoms with van der Waals surface area (Å²) in [6, 6.07) is 7.32. The van der Waals surface area contributed by atoms with Crippen LogP contribution in [0.25, 0.3) is 0 Å². The Bertz CT molecular complexity index is 1110. The molecule has 3 heterocycles. The molecule has 1 N–H and O–H groups in total. The molecule has 0 radical (unpaired) electrons. The highest BCUT2D eigenvalue weighted by atomic mass is 16.6. The van der Waals surface area contributed by atoms with Crippen LogP contribution in [0.5, 0.6) is 0 Å². The normalized spacial score (nSPS) is 32.6. The molecule has 8 heteroatoms. The predicted octanol–water partition coefficient (Wildman–Crippen LogP) is 3.27. The van der Waals surface area contributed by atoms with Crippen molar-refractivity contribution in [3.8, 4) is 0 Å². The van der Waals surface area contributed by atoms with Crippen molar-refractivity contribution in [2.24, 2.45) is 17.8 Å². The first-order chi connectivity index (χ1) is 17.9. The summed E-state index contributed by atoms with van der Waals surface area (Å²) in [6.07, 6.45) is 3.57. The zero-order valence-electron chi connectivity index (χ0n) is 23.1. The number of benzene rings is 1. The van der Waals surface area contributed by atoms with Gasteiger partial charge in [-0.1, -0.05) is 56.0 Å². The van der Waals surface area contributed by atoms with Crippen LogP contribution in [0, 0.1) is 17.8 Å². The van der Waals surface area contributed by atoms with Gasteiger partial charge < -0.3 is 24.4 Å². The molecule has 3 aliphatic rings. The van der Waals surface area contributed by atoms with Crippen molar-refractivity contribution in [2.75, 3.05) is 19.8 Å². The zero-order valence-corrected chi connectivity index (χ0v) is 23.1. The van der Waals surface area contributed by atoms with Crippen molar-refractivity contribution in [3.05, 3.63) is 61.2 Å². The quantitative estimate of drug-likeness (QED) is 0.394. The van der Waals surface area contributed by atoms with Crippen LogP contribution in [0.3, 0.4) is 0 Å². The van der Waals surface area contributed by atoms with Gasteiger partial charge in [-0.15, -0.1) is 6.58 Å². The molecule has 1 aromatic carbocycles. The minimum Gasteiger partial charge on any atom is -0.461 e. The highest BCUT2D eigenvalue weighted by molar-refractivity contribution is 5.99. The SMILES string of the molecule is C=CCOC(=O)[C@H]1[C@H]2C(=O)N([C@H](CO)c3ccccc3)C(C(=O)N(CC=C)C(C)(C)C)C23CC(C)[C@]1(C)O3. The smallest absolute Gasteiger partial charge is 0.313 e. The Morgan fingerprint density at radius 2 is 1.92 bits per heavy atom. The Morgan fingerprint density at radius 1 is 1.26 bits per heavy atom. The summed E-state index contributed by atoms with van der Waals surface area (Å²) in [5, 5.41) is 10.6. The minimum absolute atomic E-state index is 0.0141. The number of ether oxygens (including phenoxy) is 2. The first-order valence-electron chi connectivity index (χ1n) is 13.3. The van der Waals surface area contributed by atoms with Crippen LogP contribution in [-0.4, -0.2) is 75.2 Å². The van der Waals surface area contributed by atoms with Gasteiger partial charge in [0.1, 0.15) is 24.2 Å². The van der Waals surface area contributed by atoms with Gasteiger partial charge in [0.05, 0.1) is 24.2 Å². The Labute approximate surface area is 225 Å². The number of likely N-dealkylation sites (tertiary alicyclic amines) is 1. The molecular weight excluding hydrogens is 484 g/mol. The molecule has 0 aromatic heterocycles. The summed E-state index contributed by atoms with van der Waals surface area (Å²) in [7, 11) is 0. The van der Waals surface area contributed by atoms with Crippen molar-refractivity contribution in [3.63, 3.8) is 0 Å². The summed E-state index contributed by atoms with van der Waals surface area (Å²) in [4.78, 5) is 45.6. The van der Waals surface area contributed by atoms with E-state index >= 15 is 0 Å². The maximum absolute atomic E-state index is 14.6. The third kappa shape index (κ3) is 4.09. The van der Waals surface area contributed by atoms with E-state index in [-0.39, 0.29) is 30.9 Å². The average molecular weight is 525 g/mol. The van der Waals surface area contributed by atoms with Crippen LogP contribution in [0.15, 0.2) is 55.6 Å². The summed E-state index contributed by atoms with van der Waals surface area (Å²) in [5.41, 5.74) is -2.10. The molecule has 38 heavy (non-hydrogen) atoms. The Balaban J connectivity index is 1.91. The fraction of sp³-hybridized carbons (Fsp3) is 0.567. The van der Waals surface area contributed by atoms with Gasteiger partial charge in [0.15, 0.2) is 0 Å². The van der Waals surface area contributed by atoms with Crippen molar-refractivity contribution in [1.29, 1.82) is 0 Å². The molecule has 0 saturated carbocycles. The van der Waals surface area contributed by atoms with Gasteiger partial charge in [0.25, 0.3) is 0 Å². The van der Waals surface area contributed by atoms with E-state index in [1.165, 1.54) is 11.0 Å². The van der Waals surface area contributed by atoms with Crippen LogP contribution < -0.4 is 0 Å². The van der Waals surface area contributed by atoms with E-state index < -0.39 is 53.2 Å². The Kier molecular flexibility index (Phi) is 7.36. The fourth-order valence-electron chi connectivity index (χ4n) is 6.88. The average Bonchev–Trinajstić information content (AvgIpc) is 3.38. The summed E-state index contributed by atoms with van der Waals surface area (Å²) in [6.45, 7) is 17.0. The summed E-state index contributed by atoms with van der Waals surface area (Å²) < 4.78 is 12.2. The lowest BCUT2D eigenvalue weighted by Gasteiger charge is -2.43. The lowest BCUT2D eigenvalue weighted by molar-refractivity contribution is -0.164. The van der Waals surface area contributed by atoms with Crippen LogP contribution in [0.1, 0.15) is 52.6 Å². The van der Waals surface area contributed by atoms with Gasteiger partial charge in [-0.25, -0.2) is 0 Å². The first kappa shape index (κ1) is 28.0. The summed E-state index contributed by atoms with van der Waals surface area (Å²) >= 11 is 0. The highest BCUT2D eigenvalue weighted by Gasteiger charge is 2.81. The molecule has 4 rings (SSSR count). The van der Waals surface area contributed by atoms with Gasteiger partial charge >= 0.3 is 5.97 Å². The van der Waals surface area contributed by atoms with Crippen LogP contribution in [0.2, 0.25) is 0 Å². The monoisotopic (exact) mass is 524 g/mol. The van der Waals surface area contributed by atoms with Crippen molar-refractivity contribution >= 4 is 17.8 Å². The molecule has 0 aliphatic carbocycles. The van der Waals surface area contributed by atoms with E-state index in [0.29, 0.717) is 12.0 Å². The number of aliphatic hydroxyl groups is 1. The number of nitrogens with zero attached hydrogens (tertiary/aromatic N) is 2. The maximum atomic E-state index is 14.6. The molecule has 8 nitrogen and oxygen atoms in total. The molecule has 7 atom stereocenters. The minimum atomic E-state index is -1.24. The molecule has 1 spiro atoms. The van der Waals surface area contributed by atoms with Crippen LogP contribution in [0.4, 0.5) is 0 Å². The number of aliphatic hydroxyl groups excluding tert-OH is 1. The molecule has 206 valence electrons. The highest BCUT2D eigenvalue weighted by Crippen LogP contribution is 2.66. The number of carbonyl (C=O) groups is 3. The fourth-order valence-corrected chi connectivity index (χ4v) is 6.88. The standard InChI is InChI=1S/C30H40N2O6/c1-8-15-31(28(4,5)6)26(35)24-30-17-19(3)29(7,38-30)23(27(36)37-16-9-2)22(30)25(34)32(24)21(18-33)20-13-11-10-12-14-20/h8-14,19,21-24,33H,1-2,15-18H2,3-7H3/t19?,21-,22+,23-,24?,29+,30?/m1/s1. The van der Waals surface area contributed by atoms with Crippen LogP contribution in [-0.2, 0) is 23.9 Å². The van der Waals surface area contributed by atoms with Gasteiger partial charge in [-0.05, 0) is 45.6 Å². The number of rotatable bonds is 9.